The first kappa shape index (κ1) is 14.2. The quantitative estimate of drug-likeness (QED) is 0.783. The Labute approximate surface area is 106 Å². The van der Waals surface area contributed by atoms with E-state index in [-0.39, 0.29) is 25.0 Å². The first-order chi connectivity index (χ1) is 8.13. The van der Waals surface area contributed by atoms with Gasteiger partial charge in [-0.3, -0.25) is 4.79 Å². The van der Waals surface area contributed by atoms with Crippen molar-refractivity contribution >= 4 is 23.8 Å². The Hall–Kier alpha value is -0.910. The van der Waals surface area contributed by atoms with Crippen LogP contribution in [-0.4, -0.2) is 52.6 Å². The van der Waals surface area contributed by atoms with Crippen LogP contribution in [0.5, 0.6) is 0 Å². The fourth-order valence-corrected chi connectivity index (χ4v) is 2.85. The molecule has 0 spiro atoms. The van der Waals surface area contributed by atoms with Gasteiger partial charge in [0.2, 0.25) is 0 Å². The van der Waals surface area contributed by atoms with Crippen LogP contribution in [0.1, 0.15) is 26.2 Å². The minimum Gasteiger partial charge on any atom is -0.481 e. The number of thioether (sulfide) groups is 1. The molecule has 0 aromatic heterocycles. The summed E-state index contributed by atoms with van der Waals surface area (Å²) in [6, 6.07) is 0.119. The predicted molar refractivity (Wildman–Crippen MR) is 68.4 cm³/mol. The van der Waals surface area contributed by atoms with Crippen molar-refractivity contribution in [2.24, 2.45) is 0 Å². The van der Waals surface area contributed by atoms with Gasteiger partial charge in [-0.15, -0.1) is 0 Å². The highest BCUT2D eigenvalue weighted by molar-refractivity contribution is 7.99. The van der Waals surface area contributed by atoms with E-state index in [0.29, 0.717) is 6.54 Å². The van der Waals surface area contributed by atoms with Crippen LogP contribution in [0.4, 0.5) is 4.79 Å². The van der Waals surface area contributed by atoms with Gasteiger partial charge in [-0.1, -0.05) is 0 Å². The topological polar surface area (TPSA) is 69.6 Å². The van der Waals surface area contributed by atoms with Gasteiger partial charge in [0.1, 0.15) is 0 Å². The average molecular weight is 260 g/mol. The zero-order valence-corrected chi connectivity index (χ0v) is 11.0. The maximum absolute atomic E-state index is 11.9. The van der Waals surface area contributed by atoms with Crippen molar-refractivity contribution in [1.29, 1.82) is 0 Å². The van der Waals surface area contributed by atoms with Gasteiger partial charge in [0.15, 0.2) is 0 Å². The van der Waals surface area contributed by atoms with Crippen LogP contribution in [0.25, 0.3) is 0 Å². The van der Waals surface area contributed by atoms with Crippen molar-refractivity contribution in [2.45, 2.75) is 32.2 Å². The molecule has 0 bridgehead atoms. The summed E-state index contributed by atoms with van der Waals surface area (Å²) in [4.78, 5) is 23.9. The summed E-state index contributed by atoms with van der Waals surface area (Å²) in [5.41, 5.74) is 0. The lowest BCUT2D eigenvalue weighted by molar-refractivity contribution is -0.137. The number of urea groups is 1. The lowest BCUT2D eigenvalue weighted by atomic mass is 10.1. The third-order valence-electron chi connectivity index (χ3n) is 2.81. The summed E-state index contributed by atoms with van der Waals surface area (Å²) in [5.74, 6) is 1.31. The number of nitrogens with one attached hydrogen (secondary N) is 1. The fourth-order valence-electron chi connectivity index (χ4n) is 1.74. The lowest BCUT2D eigenvalue weighted by Crippen LogP contribution is -2.46. The van der Waals surface area contributed by atoms with Crippen molar-refractivity contribution in [1.82, 2.24) is 10.2 Å². The molecule has 1 aliphatic heterocycles. The van der Waals surface area contributed by atoms with E-state index in [1.54, 1.807) is 4.90 Å². The second kappa shape index (κ2) is 7.42. The molecule has 5 nitrogen and oxygen atoms in total. The highest BCUT2D eigenvalue weighted by Crippen LogP contribution is 2.17. The summed E-state index contributed by atoms with van der Waals surface area (Å²) in [6.07, 6.45) is 2.02. The number of rotatable bonds is 5. The monoisotopic (exact) mass is 260 g/mol. The number of carboxylic acid groups (broad SMARTS) is 1. The third kappa shape index (κ3) is 5.30. The standard InChI is InChI=1S/C11H20N2O3S/c1-2-13(6-3-10(14)15)11(16)12-9-4-7-17-8-5-9/h9H,2-8H2,1H3,(H,12,16)(H,14,15). The number of carbonyl (C=O) groups excluding carboxylic acids is 1. The van der Waals surface area contributed by atoms with Gasteiger partial charge in [0.25, 0.3) is 0 Å². The molecule has 1 fully saturated rings. The van der Waals surface area contributed by atoms with Crippen LogP contribution in [-0.2, 0) is 4.79 Å². The Morgan fingerprint density at radius 3 is 2.59 bits per heavy atom. The first-order valence-corrected chi connectivity index (χ1v) is 7.14. The van der Waals surface area contributed by atoms with Gasteiger partial charge in [0, 0.05) is 19.1 Å². The van der Waals surface area contributed by atoms with Crippen molar-refractivity contribution in [3.05, 3.63) is 0 Å². The molecule has 1 saturated heterocycles. The molecule has 2 amide bonds. The summed E-state index contributed by atoms with van der Waals surface area (Å²) in [5, 5.41) is 11.6. The molecule has 2 N–H and O–H groups in total. The van der Waals surface area contributed by atoms with Crippen molar-refractivity contribution in [3.8, 4) is 0 Å². The summed E-state index contributed by atoms with van der Waals surface area (Å²) in [6.45, 7) is 2.68. The van der Waals surface area contributed by atoms with E-state index in [4.69, 9.17) is 5.11 Å². The van der Waals surface area contributed by atoms with Crippen LogP contribution in [0.3, 0.4) is 0 Å². The van der Waals surface area contributed by atoms with Crippen molar-refractivity contribution in [2.75, 3.05) is 24.6 Å². The smallest absolute Gasteiger partial charge is 0.317 e. The Balaban J connectivity index is 2.34. The highest BCUT2D eigenvalue weighted by Gasteiger charge is 2.19. The van der Waals surface area contributed by atoms with Crippen molar-refractivity contribution < 1.29 is 14.7 Å². The number of nitrogens with zero attached hydrogens (tertiary/aromatic N) is 1. The normalized spacial score (nSPS) is 16.5. The molecule has 1 aliphatic rings. The summed E-state index contributed by atoms with van der Waals surface area (Å²) < 4.78 is 0. The molecule has 0 aromatic carbocycles. The maximum Gasteiger partial charge on any atom is 0.317 e. The van der Waals surface area contributed by atoms with Crippen LogP contribution in [0, 0.1) is 0 Å². The van der Waals surface area contributed by atoms with E-state index in [2.05, 4.69) is 5.32 Å². The number of amides is 2. The zero-order valence-electron chi connectivity index (χ0n) is 10.1. The van der Waals surface area contributed by atoms with Gasteiger partial charge in [0.05, 0.1) is 6.42 Å². The van der Waals surface area contributed by atoms with E-state index in [9.17, 15) is 9.59 Å². The minimum atomic E-state index is -0.870. The van der Waals surface area contributed by atoms with E-state index in [1.807, 2.05) is 18.7 Å². The zero-order chi connectivity index (χ0) is 12.7. The lowest BCUT2D eigenvalue weighted by Gasteiger charge is -2.27. The number of hydrogen-bond acceptors (Lipinski definition) is 3. The number of carboxylic acids is 1. The van der Waals surface area contributed by atoms with E-state index >= 15 is 0 Å². The molecule has 6 heteroatoms. The molecule has 0 aromatic rings. The second-order valence-corrected chi connectivity index (χ2v) is 5.28. The molecule has 0 unspecified atom stereocenters. The van der Waals surface area contributed by atoms with Gasteiger partial charge in [-0.05, 0) is 31.3 Å². The summed E-state index contributed by atoms with van der Waals surface area (Å²) >= 11 is 1.91. The predicted octanol–water partition coefficient (Wildman–Crippen LogP) is 1.39. The van der Waals surface area contributed by atoms with Crippen LogP contribution in [0.2, 0.25) is 0 Å². The van der Waals surface area contributed by atoms with Gasteiger partial charge in [-0.2, -0.15) is 11.8 Å². The largest absolute Gasteiger partial charge is 0.481 e. The van der Waals surface area contributed by atoms with E-state index in [1.165, 1.54) is 0 Å². The molecule has 1 heterocycles. The Bertz CT molecular complexity index is 267. The van der Waals surface area contributed by atoms with Crippen LogP contribution < -0.4 is 5.32 Å². The molecule has 0 saturated carbocycles. The molecule has 0 aliphatic carbocycles. The molecule has 1 rings (SSSR count). The summed E-state index contributed by atoms with van der Waals surface area (Å²) in [7, 11) is 0. The van der Waals surface area contributed by atoms with Crippen molar-refractivity contribution in [3.63, 3.8) is 0 Å². The molecular weight excluding hydrogens is 240 g/mol. The van der Waals surface area contributed by atoms with Crippen LogP contribution >= 0.6 is 11.8 Å². The fraction of sp³-hybridized carbons (Fsp3) is 0.818. The SMILES string of the molecule is CCN(CCC(=O)O)C(=O)NC1CCSCC1. The Kier molecular flexibility index (Phi) is 6.18. The molecule has 17 heavy (non-hydrogen) atoms. The minimum absolute atomic E-state index is 0.00176. The highest BCUT2D eigenvalue weighted by atomic mass is 32.2. The van der Waals surface area contributed by atoms with E-state index < -0.39 is 5.97 Å². The molecule has 0 radical (unpaired) electrons. The van der Waals surface area contributed by atoms with Crippen LogP contribution in [0.15, 0.2) is 0 Å². The van der Waals surface area contributed by atoms with E-state index in [0.717, 1.165) is 24.3 Å². The van der Waals surface area contributed by atoms with Gasteiger partial charge in [-0.25, -0.2) is 4.79 Å². The second-order valence-electron chi connectivity index (χ2n) is 4.06. The first-order valence-electron chi connectivity index (χ1n) is 5.98. The average Bonchev–Trinajstić information content (AvgIpc) is 2.30. The molecule has 98 valence electrons. The van der Waals surface area contributed by atoms with Gasteiger partial charge < -0.3 is 15.3 Å². The maximum atomic E-state index is 11.9. The number of hydrogen-bond donors (Lipinski definition) is 2. The number of aliphatic carboxylic acids is 1. The third-order valence-corrected chi connectivity index (χ3v) is 3.86. The Morgan fingerprint density at radius 2 is 2.06 bits per heavy atom. The number of carbonyl (C=O) groups is 2. The molecule has 0 atom stereocenters. The van der Waals surface area contributed by atoms with Gasteiger partial charge >= 0.3 is 12.0 Å². The molecular formula is C11H20N2O3S. The Morgan fingerprint density at radius 1 is 1.41 bits per heavy atom.